The molecule has 0 radical (unpaired) electrons. The maximum Gasteiger partial charge on any atom is 0.264 e. The smallest absolute Gasteiger partial charge is 0.264 e. The molecule has 0 aliphatic carbocycles. The van der Waals surface area contributed by atoms with Crippen LogP contribution in [0.3, 0.4) is 0 Å². The second-order valence-corrected chi connectivity index (χ2v) is 15.3. The van der Waals surface area contributed by atoms with Crippen molar-refractivity contribution in [1.82, 2.24) is 10.2 Å². The summed E-state index contributed by atoms with van der Waals surface area (Å²) in [5.41, 5.74) is 2.66. The molecule has 4 aromatic rings. The normalized spacial score (nSPS) is 12.0. The third kappa shape index (κ3) is 9.53. The third-order valence-corrected chi connectivity index (χ3v) is 10.7. The summed E-state index contributed by atoms with van der Waals surface area (Å²) in [6.07, 6.45) is 0.195. The van der Waals surface area contributed by atoms with Crippen molar-refractivity contribution in [2.45, 2.75) is 44.7 Å². The van der Waals surface area contributed by atoms with E-state index in [1.807, 2.05) is 51.1 Å². The Labute approximate surface area is 301 Å². The molecule has 0 spiro atoms. The Kier molecular flexibility index (Phi) is 13.0. The number of amides is 2. The topological polar surface area (TPSA) is 96.0 Å². The lowest BCUT2D eigenvalue weighted by atomic mass is 10.0. The number of carbonyl (C=O) groups is 2. The van der Waals surface area contributed by atoms with Gasteiger partial charge < -0.3 is 15.0 Å². The van der Waals surface area contributed by atoms with Crippen LogP contribution >= 0.6 is 39.1 Å². The second-order valence-electron chi connectivity index (χ2n) is 11.8. The van der Waals surface area contributed by atoms with Crippen molar-refractivity contribution in [2.24, 2.45) is 5.92 Å². The molecule has 8 nitrogen and oxygen atoms in total. The summed E-state index contributed by atoms with van der Waals surface area (Å²) in [6.45, 7) is 5.63. The highest BCUT2D eigenvalue weighted by Gasteiger charge is 2.35. The van der Waals surface area contributed by atoms with Gasteiger partial charge in [0.25, 0.3) is 10.0 Å². The van der Waals surface area contributed by atoms with Crippen molar-refractivity contribution >= 4 is 66.7 Å². The summed E-state index contributed by atoms with van der Waals surface area (Å²) in [6, 6.07) is 24.6. The van der Waals surface area contributed by atoms with Crippen LogP contribution in [0.15, 0.2) is 100 Å². The SMILES string of the molecule is COc1ccc(S(=O)(=O)N(CC(=O)N(Cc2ccc(Cl)c(Cl)c2)[C@H](Cc2ccccc2)C(=O)NCC(C)C)c2ccc(C)cc2)cc1Br. The third-order valence-electron chi connectivity index (χ3n) is 7.60. The van der Waals surface area contributed by atoms with Crippen molar-refractivity contribution in [2.75, 3.05) is 24.5 Å². The first-order valence-corrected chi connectivity index (χ1v) is 18.3. The number of rotatable bonds is 14. The number of methoxy groups -OCH3 is 1. The van der Waals surface area contributed by atoms with E-state index in [9.17, 15) is 18.0 Å². The molecule has 0 unspecified atom stereocenters. The van der Waals surface area contributed by atoms with Crippen LogP contribution in [0.2, 0.25) is 10.0 Å². The lowest BCUT2D eigenvalue weighted by Gasteiger charge is -2.34. The molecular weight excluding hydrogens is 737 g/mol. The Morgan fingerprint density at radius 3 is 2.19 bits per heavy atom. The number of carbonyl (C=O) groups excluding carboxylic acids is 2. The van der Waals surface area contributed by atoms with Crippen LogP contribution in [-0.2, 0) is 32.6 Å². The van der Waals surface area contributed by atoms with Gasteiger partial charge in [0, 0.05) is 19.5 Å². The molecule has 0 fully saturated rings. The van der Waals surface area contributed by atoms with Gasteiger partial charge in [-0.1, -0.05) is 91.1 Å². The minimum Gasteiger partial charge on any atom is -0.496 e. The fourth-order valence-electron chi connectivity index (χ4n) is 4.99. The zero-order chi connectivity index (χ0) is 35.0. The van der Waals surface area contributed by atoms with Gasteiger partial charge in [-0.3, -0.25) is 13.9 Å². The van der Waals surface area contributed by atoms with E-state index in [4.69, 9.17) is 27.9 Å². The fraction of sp³-hybridized carbons (Fsp3) is 0.278. The van der Waals surface area contributed by atoms with Gasteiger partial charge in [0.15, 0.2) is 0 Å². The molecule has 0 heterocycles. The van der Waals surface area contributed by atoms with E-state index < -0.39 is 28.5 Å². The highest BCUT2D eigenvalue weighted by molar-refractivity contribution is 9.10. The molecule has 1 N–H and O–H groups in total. The average molecular weight is 776 g/mol. The first-order chi connectivity index (χ1) is 22.8. The van der Waals surface area contributed by atoms with E-state index in [0.717, 1.165) is 15.4 Å². The standard InChI is InChI=1S/C36H38BrCl2N3O5S/c1-24(2)21-40-36(44)33(19-26-8-6-5-7-9-26)41(22-27-12-16-31(38)32(39)18-27)35(43)23-42(28-13-10-25(3)11-14-28)48(45,46)29-15-17-34(47-4)30(37)20-29/h5-18,20,24,33H,19,21-23H2,1-4H3,(H,40,44)/t33-/m1/s1. The predicted octanol–water partition coefficient (Wildman–Crippen LogP) is 7.68. The van der Waals surface area contributed by atoms with E-state index in [0.29, 0.717) is 38.1 Å². The molecule has 254 valence electrons. The maximum atomic E-state index is 14.6. The highest BCUT2D eigenvalue weighted by Crippen LogP contribution is 2.31. The Morgan fingerprint density at radius 2 is 1.58 bits per heavy atom. The zero-order valence-corrected chi connectivity index (χ0v) is 31.0. The molecule has 0 bridgehead atoms. The molecule has 48 heavy (non-hydrogen) atoms. The molecule has 4 aromatic carbocycles. The number of hydrogen-bond acceptors (Lipinski definition) is 5. The van der Waals surface area contributed by atoms with Crippen molar-refractivity contribution < 1.29 is 22.7 Å². The van der Waals surface area contributed by atoms with Gasteiger partial charge in [-0.2, -0.15) is 0 Å². The van der Waals surface area contributed by atoms with E-state index in [2.05, 4.69) is 21.2 Å². The van der Waals surface area contributed by atoms with Crippen LogP contribution in [0.5, 0.6) is 5.75 Å². The number of ether oxygens (including phenoxy) is 1. The van der Waals surface area contributed by atoms with Gasteiger partial charge in [-0.15, -0.1) is 0 Å². The number of nitrogens with zero attached hydrogens (tertiary/aromatic N) is 2. The predicted molar refractivity (Wildman–Crippen MR) is 195 cm³/mol. The summed E-state index contributed by atoms with van der Waals surface area (Å²) in [7, 11) is -2.81. The van der Waals surface area contributed by atoms with Crippen LogP contribution in [0, 0.1) is 12.8 Å². The van der Waals surface area contributed by atoms with Gasteiger partial charge in [0.05, 0.1) is 32.2 Å². The van der Waals surface area contributed by atoms with E-state index in [1.54, 1.807) is 42.5 Å². The summed E-state index contributed by atoms with van der Waals surface area (Å²) in [5.74, 6) is -0.323. The van der Waals surface area contributed by atoms with E-state index >= 15 is 0 Å². The van der Waals surface area contributed by atoms with Gasteiger partial charge in [-0.05, 0) is 82.4 Å². The number of nitrogens with one attached hydrogen (secondary N) is 1. The van der Waals surface area contributed by atoms with E-state index in [1.165, 1.54) is 30.2 Å². The van der Waals surface area contributed by atoms with Crippen molar-refractivity contribution in [1.29, 1.82) is 0 Å². The van der Waals surface area contributed by atoms with Crippen LogP contribution in [0.25, 0.3) is 0 Å². The van der Waals surface area contributed by atoms with Crippen LogP contribution in [0.4, 0.5) is 5.69 Å². The highest BCUT2D eigenvalue weighted by atomic mass is 79.9. The lowest BCUT2D eigenvalue weighted by molar-refractivity contribution is -0.140. The van der Waals surface area contributed by atoms with Crippen LogP contribution in [-0.4, -0.2) is 51.4 Å². The Hall–Kier alpha value is -3.57. The van der Waals surface area contributed by atoms with E-state index in [-0.39, 0.29) is 29.7 Å². The van der Waals surface area contributed by atoms with Crippen LogP contribution < -0.4 is 14.4 Å². The lowest BCUT2D eigenvalue weighted by Crippen LogP contribution is -2.53. The second kappa shape index (κ2) is 16.7. The fourth-order valence-corrected chi connectivity index (χ4v) is 7.44. The molecule has 0 saturated carbocycles. The average Bonchev–Trinajstić information content (AvgIpc) is 3.06. The number of hydrogen-bond donors (Lipinski definition) is 1. The molecule has 4 rings (SSSR count). The quantitative estimate of drug-likeness (QED) is 0.142. The van der Waals surface area contributed by atoms with Crippen molar-refractivity contribution in [3.63, 3.8) is 0 Å². The summed E-state index contributed by atoms with van der Waals surface area (Å²) < 4.78 is 35.4. The number of aryl methyl sites for hydroxylation is 1. The molecular formula is C36H38BrCl2N3O5S. The number of anilines is 1. The Bertz CT molecular complexity index is 1840. The maximum absolute atomic E-state index is 14.6. The number of benzene rings is 4. The summed E-state index contributed by atoms with van der Waals surface area (Å²) >= 11 is 15.9. The summed E-state index contributed by atoms with van der Waals surface area (Å²) in [5, 5.41) is 3.61. The molecule has 2 amide bonds. The molecule has 0 aromatic heterocycles. The van der Waals surface area contributed by atoms with Gasteiger partial charge in [0.1, 0.15) is 18.3 Å². The van der Waals surface area contributed by atoms with Gasteiger partial charge in [-0.25, -0.2) is 8.42 Å². The zero-order valence-electron chi connectivity index (χ0n) is 27.1. The van der Waals surface area contributed by atoms with Gasteiger partial charge in [0.2, 0.25) is 11.8 Å². The monoisotopic (exact) mass is 773 g/mol. The van der Waals surface area contributed by atoms with Crippen LogP contribution in [0.1, 0.15) is 30.5 Å². The molecule has 0 saturated heterocycles. The number of halogens is 3. The molecule has 0 aliphatic rings. The minimum atomic E-state index is -4.29. The van der Waals surface area contributed by atoms with Crippen molar-refractivity contribution in [3.8, 4) is 5.75 Å². The Morgan fingerprint density at radius 1 is 0.896 bits per heavy atom. The molecule has 12 heteroatoms. The first-order valence-electron chi connectivity index (χ1n) is 15.3. The summed E-state index contributed by atoms with van der Waals surface area (Å²) in [4.78, 5) is 29.9. The minimum absolute atomic E-state index is 0.0296. The largest absolute Gasteiger partial charge is 0.496 e. The Balaban J connectivity index is 1.82. The molecule has 0 aliphatic heterocycles. The van der Waals surface area contributed by atoms with Crippen molar-refractivity contribution in [3.05, 3.63) is 122 Å². The number of sulfonamides is 1. The van der Waals surface area contributed by atoms with Gasteiger partial charge >= 0.3 is 0 Å². The first kappa shape index (κ1) is 37.3. The molecule has 1 atom stereocenters.